The molecule has 1 heterocycles. The van der Waals surface area contributed by atoms with Crippen LogP contribution in [0, 0.1) is 0 Å². The van der Waals surface area contributed by atoms with Crippen molar-refractivity contribution in [2.45, 2.75) is 6.61 Å². The van der Waals surface area contributed by atoms with Crippen LogP contribution in [-0.2, 0) is 6.61 Å². The van der Waals surface area contributed by atoms with Crippen molar-refractivity contribution in [3.63, 3.8) is 0 Å². The number of hydrogen-bond acceptors (Lipinski definition) is 1. The average Bonchev–Trinajstić information content (AvgIpc) is 2.42. The van der Waals surface area contributed by atoms with E-state index in [4.69, 9.17) is 5.11 Å². The van der Waals surface area contributed by atoms with Gasteiger partial charge in [-0.25, -0.2) is 0 Å². The monoisotopic (exact) mass is 351 g/mol. The molecular formula is C9H7BrINO. The van der Waals surface area contributed by atoms with Crippen LogP contribution in [0.2, 0.25) is 0 Å². The van der Waals surface area contributed by atoms with Gasteiger partial charge in [0.25, 0.3) is 0 Å². The van der Waals surface area contributed by atoms with Gasteiger partial charge in [0.1, 0.15) is 0 Å². The number of aliphatic hydroxyl groups excluding tert-OH is 1. The highest BCUT2D eigenvalue weighted by molar-refractivity contribution is 14.1. The number of halogens is 2. The third-order valence-electron chi connectivity index (χ3n) is 1.97. The summed E-state index contributed by atoms with van der Waals surface area (Å²) in [5.41, 5.74) is 2.10. The molecule has 0 amide bonds. The highest BCUT2D eigenvalue weighted by atomic mass is 127. The minimum absolute atomic E-state index is 0.0863. The maximum absolute atomic E-state index is 9.11. The number of nitrogens with zero attached hydrogens (tertiary/aromatic N) is 1. The molecule has 68 valence electrons. The number of fused-ring (bicyclic) bond motifs is 1. The molecule has 2 rings (SSSR count). The fourth-order valence-electron chi connectivity index (χ4n) is 1.35. The van der Waals surface area contributed by atoms with Crippen molar-refractivity contribution in [3.8, 4) is 0 Å². The summed E-state index contributed by atoms with van der Waals surface area (Å²) in [4.78, 5) is 0. The summed E-state index contributed by atoms with van der Waals surface area (Å²) in [6, 6.07) is 6.06. The quantitative estimate of drug-likeness (QED) is 0.785. The lowest BCUT2D eigenvalue weighted by molar-refractivity contribution is 0.283. The molecule has 0 aliphatic carbocycles. The smallest absolute Gasteiger partial charge is 0.0703 e. The molecule has 1 aromatic heterocycles. The highest BCUT2D eigenvalue weighted by Gasteiger charge is 2.05. The van der Waals surface area contributed by atoms with Crippen LogP contribution < -0.4 is 0 Å². The summed E-state index contributed by atoms with van der Waals surface area (Å²) in [6.45, 7) is 0.0863. The summed E-state index contributed by atoms with van der Waals surface area (Å²) >= 11 is 5.62. The molecule has 4 heteroatoms. The fourth-order valence-corrected chi connectivity index (χ4v) is 2.47. The Bertz CT molecular complexity index is 452. The van der Waals surface area contributed by atoms with E-state index < -0.39 is 0 Å². The largest absolute Gasteiger partial charge is 0.392 e. The first kappa shape index (κ1) is 9.48. The SMILES string of the molecule is OCc1cn(I)c2ccc(Br)cc12. The predicted octanol–water partition coefficient (Wildman–Crippen LogP) is 3.09. The van der Waals surface area contributed by atoms with Gasteiger partial charge in [0.05, 0.1) is 35.0 Å². The summed E-state index contributed by atoms with van der Waals surface area (Å²) in [5.74, 6) is 0. The molecule has 0 aliphatic rings. The Kier molecular flexibility index (Phi) is 2.62. The molecule has 2 aromatic rings. The molecule has 0 saturated carbocycles. The van der Waals surface area contributed by atoms with E-state index in [1.54, 1.807) is 0 Å². The molecule has 0 unspecified atom stereocenters. The van der Waals surface area contributed by atoms with Crippen molar-refractivity contribution in [1.29, 1.82) is 0 Å². The van der Waals surface area contributed by atoms with E-state index >= 15 is 0 Å². The van der Waals surface area contributed by atoms with Gasteiger partial charge in [-0.1, -0.05) is 15.9 Å². The number of hydrogen-bond donors (Lipinski definition) is 1. The van der Waals surface area contributed by atoms with E-state index in [1.807, 2.05) is 27.2 Å². The van der Waals surface area contributed by atoms with Crippen molar-refractivity contribution >= 4 is 49.7 Å². The van der Waals surface area contributed by atoms with Crippen molar-refractivity contribution < 1.29 is 5.11 Å². The number of aliphatic hydroxyl groups is 1. The van der Waals surface area contributed by atoms with Gasteiger partial charge in [-0.05, 0) is 18.2 Å². The molecule has 0 radical (unpaired) electrons. The molecule has 0 atom stereocenters. The second-order valence-electron chi connectivity index (χ2n) is 2.79. The molecule has 1 aromatic carbocycles. The Hall–Kier alpha value is -0.0700. The van der Waals surface area contributed by atoms with Crippen LogP contribution in [0.3, 0.4) is 0 Å². The zero-order chi connectivity index (χ0) is 9.42. The Morgan fingerprint density at radius 2 is 2.23 bits per heavy atom. The van der Waals surface area contributed by atoms with E-state index in [0.29, 0.717) is 0 Å². The molecule has 0 aliphatic heterocycles. The lowest BCUT2D eigenvalue weighted by atomic mass is 10.2. The number of aromatic nitrogens is 1. The molecule has 0 bridgehead atoms. The lowest BCUT2D eigenvalue weighted by Crippen LogP contribution is -1.77. The first-order chi connectivity index (χ1) is 6.22. The van der Waals surface area contributed by atoms with Crippen LogP contribution in [0.15, 0.2) is 28.9 Å². The second kappa shape index (κ2) is 3.59. The Morgan fingerprint density at radius 1 is 1.46 bits per heavy atom. The van der Waals surface area contributed by atoms with Crippen LogP contribution in [-0.4, -0.2) is 7.89 Å². The van der Waals surface area contributed by atoms with Crippen LogP contribution in [0.4, 0.5) is 0 Å². The van der Waals surface area contributed by atoms with Crippen molar-refractivity contribution in [2.24, 2.45) is 0 Å². The molecule has 13 heavy (non-hydrogen) atoms. The summed E-state index contributed by atoms with van der Waals surface area (Å²) in [6.07, 6.45) is 1.94. The normalized spacial score (nSPS) is 11.0. The van der Waals surface area contributed by atoms with Crippen LogP contribution in [0.25, 0.3) is 10.9 Å². The minimum atomic E-state index is 0.0863. The van der Waals surface area contributed by atoms with Gasteiger partial charge < -0.3 is 5.11 Å². The molecule has 2 nitrogen and oxygen atoms in total. The van der Waals surface area contributed by atoms with E-state index in [0.717, 1.165) is 20.9 Å². The third-order valence-corrected chi connectivity index (χ3v) is 3.27. The van der Waals surface area contributed by atoms with Crippen molar-refractivity contribution in [2.75, 3.05) is 0 Å². The number of rotatable bonds is 1. The summed E-state index contributed by atoms with van der Waals surface area (Å²) in [7, 11) is 0. The van der Waals surface area contributed by atoms with Crippen molar-refractivity contribution in [1.82, 2.24) is 2.78 Å². The standard InChI is InChI=1S/C9H7BrINO/c10-7-1-2-9-8(3-7)6(5-13)4-12(9)11/h1-4,13H,5H2. The van der Waals surface area contributed by atoms with Gasteiger partial charge in [-0.15, -0.1) is 0 Å². The van der Waals surface area contributed by atoms with E-state index in [9.17, 15) is 0 Å². The Balaban J connectivity index is 2.81. The summed E-state index contributed by atoms with van der Waals surface area (Å²) in [5, 5.41) is 10.2. The molecule has 0 saturated heterocycles. The van der Waals surface area contributed by atoms with Gasteiger partial charge in [0.2, 0.25) is 0 Å². The van der Waals surface area contributed by atoms with Gasteiger partial charge in [0.15, 0.2) is 0 Å². The fraction of sp³-hybridized carbons (Fsp3) is 0.111. The van der Waals surface area contributed by atoms with Gasteiger partial charge in [-0.2, -0.15) is 0 Å². The topological polar surface area (TPSA) is 25.2 Å². The van der Waals surface area contributed by atoms with Gasteiger partial charge in [-0.3, -0.25) is 2.78 Å². The Labute approximate surface area is 98.2 Å². The van der Waals surface area contributed by atoms with Crippen molar-refractivity contribution in [3.05, 3.63) is 34.4 Å². The van der Waals surface area contributed by atoms with Crippen LogP contribution in [0.5, 0.6) is 0 Å². The predicted molar refractivity (Wildman–Crippen MR) is 65.0 cm³/mol. The van der Waals surface area contributed by atoms with Gasteiger partial charge >= 0.3 is 0 Å². The summed E-state index contributed by atoms with van der Waals surface area (Å²) < 4.78 is 3.03. The lowest BCUT2D eigenvalue weighted by Gasteiger charge is -1.95. The molecule has 0 spiro atoms. The van der Waals surface area contributed by atoms with E-state index in [1.165, 1.54) is 0 Å². The van der Waals surface area contributed by atoms with Gasteiger partial charge in [0, 0.05) is 21.6 Å². The minimum Gasteiger partial charge on any atom is -0.392 e. The van der Waals surface area contributed by atoms with Crippen LogP contribution in [0.1, 0.15) is 5.56 Å². The highest BCUT2D eigenvalue weighted by Crippen LogP contribution is 2.26. The zero-order valence-electron chi connectivity index (χ0n) is 6.67. The molecular weight excluding hydrogens is 345 g/mol. The van der Waals surface area contributed by atoms with E-state index in [-0.39, 0.29) is 6.61 Å². The maximum Gasteiger partial charge on any atom is 0.0703 e. The zero-order valence-corrected chi connectivity index (χ0v) is 10.4. The molecule has 0 fully saturated rings. The average molecular weight is 352 g/mol. The first-order valence-electron chi connectivity index (χ1n) is 3.79. The molecule has 1 N–H and O–H groups in total. The maximum atomic E-state index is 9.11. The van der Waals surface area contributed by atoms with Crippen LogP contribution >= 0.6 is 38.8 Å². The second-order valence-corrected chi connectivity index (χ2v) is 4.74. The first-order valence-corrected chi connectivity index (χ1v) is 5.54. The third kappa shape index (κ3) is 1.62. The van der Waals surface area contributed by atoms with E-state index in [2.05, 4.69) is 38.8 Å². The number of benzene rings is 1. The Morgan fingerprint density at radius 3 is 2.92 bits per heavy atom.